The molecular weight excluding hydrogens is 268 g/mol. The topological polar surface area (TPSA) is 21.6 Å². The minimum absolute atomic E-state index is 0.752. The number of quaternary nitrogens is 1. The summed E-state index contributed by atoms with van der Waals surface area (Å²) in [5.41, 5.74) is 0. The minimum Gasteiger partial charge on any atom is -0.488 e. The molecule has 1 aromatic carbocycles. The maximum absolute atomic E-state index is 5.82. The number of aliphatic imine (C=N–C) groups is 1. The fraction of sp³-hybridized carbons (Fsp3) is 0.562. The highest BCUT2D eigenvalue weighted by Crippen LogP contribution is 2.11. The van der Waals surface area contributed by atoms with E-state index >= 15 is 0 Å². The Balaban J connectivity index is 2.42. The second-order valence-corrected chi connectivity index (χ2v) is 5.09. The highest BCUT2D eigenvalue weighted by molar-refractivity contribution is 7.78. The summed E-state index contributed by atoms with van der Waals surface area (Å²) in [6.07, 6.45) is 1.05. The molecule has 3 nitrogen and oxygen atoms in total. The van der Waals surface area contributed by atoms with E-state index in [1.807, 2.05) is 30.3 Å². The molecule has 0 atom stereocenters. The largest absolute Gasteiger partial charge is 0.488 e. The molecule has 0 aliphatic heterocycles. The third-order valence-electron chi connectivity index (χ3n) is 3.89. The van der Waals surface area contributed by atoms with Crippen LogP contribution in [0.4, 0.5) is 0 Å². The molecule has 0 heterocycles. The van der Waals surface area contributed by atoms with Gasteiger partial charge in [-0.05, 0) is 38.2 Å². The summed E-state index contributed by atoms with van der Waals surface area (Å²) in [5.74, 6) is 0.947. The fourth-order valence-electron chi connectivity index (χ4n) is 2.37. The molecule has 1 rings (SSSR count). The summed E-state index contributed by atoms with van der Waals surface area (Å²) in [7, 11) is 0. The van der Waals surface area contributed by atoms with E-state index < -0.39 is 0 Å². The van der Waals surface area contributed by atoms with Gasteiger partial charge >= 0.3 is 0 Å². The Morgan fingerprint density at radius 2 is 1.85 bits per heavy atom. The summed E-state index contributed by atoms with van der Waals surface area (Å²) in [4.78, 5) is 3.99. The predicted octanol–water partition coefficient (Wildman–Crippen LogP) is 3.41. The van der Waals surface area contributed by atoms with Crippen molar-refractivity contribution >= 4 is 17.4 Å². The van der Waals surface area contributed by atoms with Crippen molar-refractivity contribution < 1.29 is 9.22 Å². The molecular formula is C16H25N2OS+. The number of hydrogen-bond acceptors (Lipinski definition) is 3. The highest BCUT2D eigenvalue weighted by Gasteiger charge is 2.22. The van der Waals surface area contributed by atoms with Gasteiger partial charge in [0, 0.05) is 6.42 Å². The number of isothiocyanates is 1. The molecule has 4 heteroatoms. The molecule has 0 aliphatic carbocycles. The summed E-state index contributed by atoms with van der Waals surface area (Å²) >= 11 is 4.60. The van der Waals surface area contributed by atoms with Gasteiger partial charge in [0.25, 0.3) is 0 Å². The van der Waals surface area contributed by atoms with Crippen molar-refractivity contribution in [1.82, 2.24) is 0 Å². The van der Waals surface area contributed by atoms with Gasteiger partial charge in [-0.1, -0.05) is 18.2 Å². The standard InChI is InChI=1S/C16H25N2OS/c1-3-18(4-2,12-8-11-17-15-20)13-14-19-16-9-6-5-7-10-16/h5-7,9-10H,3-4,8,11-14H2,1-2H3/q+1. The van der Waals surface area contributed by atoms with Gasteiger partial charge in [0.2, 0.25) is 0 Å². The van der Waals surface area contributed by atoms with Crippen molar-refractivity contribution in [3.05, 3.63) is 30.3 Å². The maximum atomic E-state index is 5.82. The van der Waals surface area contributed by atoms with Crippen molar-refractivity contribution in [2.24, 2.45) is 4.99 Å². The van der Waals surface area contributed by atoms with Gasteiger partial charge in [-0.3, -0.25) is 0 Å². The molecule has 20 heavy (non-hydrogen) atoms. The van der Waals surface area contributed by atoms with Gasteiger partial charge < -0.3 is 9.22 Å². The lowest BCUT2D eigenvalue weighted by Crippen LogP contribution is -2.51. The first-order valence-corrected chi connectivity index (χ1v) is 7.73. The molecule has 0 unspecified atom stereocenters. The molecule has 0 radical (unpaired) electrons. The van der Waals surface area contributed by atoms with Crippen molar-refractivity contribution in [1.29, 1.82) is 0 Å². The highest BCUT2D eigenvalue weighted by atomic mass is 32.1. The maximum Gasteiger partial charge on any atom is 0.137 e. The van der Waals surface area contributed by atoms with E-state index in [9.17, 15) is 0 Å². The second kappa shape index (κ2) is 9.65. The van der Waals surface area contributed by atoms with Gasteiger partial charge in [0.15, 0.2) is 0 Å². The smallest absolute Gasteiger partial charge is 0.137 e. The minimum atomic E-state index is 0.752. The van der Waals surface area contributed by atoms with Crippen molar-refractivity contribution in [2.75, 3.05) is 39.3 Å². The van der Waals surface area contributed by atoms with Gasteiger partial charge in [-0.25, -0.2) is 4.99 Å². The molecule has 0 N–H and O–H groups in total. The molecule has 0 amide bonds. The fourth-order valence-corrected chi connectivity index (χ4v) is 2.46. The van der Waals surface area contributed by atoms with Crippen molar-refractivity contribution in [3.63, 3.8) is 0 Å². The average molecular weight is 293 g/mol. The Hall–Kier alpha value is -1.22. The summed E-state index contributed by atoms with van der Waals surface area (Å²) in [5, 5.41) is 2.43. The van der Waals surface area contributed by atoms with Crippen LogP contribution < -0.4 is 4.74 Å². The van der Waals surface area contributed by atoms with E-state index in [2.05, 4.69) is 36.2 Å². The van der Waals surface area contributed by atoms with Crippen LogP contribution in [0.3, 0.4) is 0 Å². The van der Waals surface area contributed by atoms with E-state index in [1.54, 1.807) is 0 Å². The molecule has 0 bridgehead atoms. The molecule has 0 saturated carbocycles. The Bertz CT molecular complexity index is 412. The number of likely N-dealkylation sites (N-methyl/N-ethyl adjacent to an activating group) is 1. The predicted molar refractivity (Wildman–Crippen MR) is 87.5 cm³/mol. The number of para-hydroxylation sites is 1. The second-order valence-electron chi connectivity index (χ2n) is 4.91. The van der Waals surface area contributed by atoms with Crippen molar-refractivity contribution in [3.8, 4) is 5.75 Å². The lowest BCUT2D eigenvalue weighted by molar-refractivity contribution is -0.925. The van der Waals surface area contributed by atoms with Gasteiger partial charge in [-0.15, -0.1) is 0 Å². The van der Waals surface area contributed by atoms with E-state index in [1.165, 1.54) is 0 Å². The lowest BCUT2D eigenvalue weighted by atomic mass is 10.2. The Morgan fingerprint density at radius 3 is 2.45 bits per heavy atom. The Kier molecular flexibility index (Phi) is 8.12. The zero-order valence-corrected chi connectivity index (χ0v) is 13.4. The van der Waals surface area contributed by atoms with Crippen LogP contribution in [0, 0.1) is 0 Å². The van der Waals surface area contributed by atoms with Gasteiger partial charge in [-0.2, -0.15) is 0 Å². The zero-order valence-electron chi connectivity index (χ0n) is 12.5. The van der Waals surface area contributed by atoms with E-state index in [0.29, 0.717) is 0 Å². The van der Waals surface area contributed by atoms with Crippen LogP contribution in [0.1, 0.15) is 20.3 Å². The van der Waals surface area contributed by atoms with Crippen LogP contribution in [-0.2, 0) is 0 Å². The van der Waals surface area contributed by atoms with Crippen LogP contribution in [0.5, 0.6) is 5.75 Å². The van der Waals surface area contributed by atoms with Crippen LogP contribution in [0.15, 0.2) is 35.3 Å². The Morgan fingerprint density at radius 1 is 1.15 bits per heavy atom. The van der Waals surface area contributed by atoms with E-state index in [4.69, 9.17) is 4.74 Å². The van der Waals surface area contributed by atoms with Crippen LogP contribution in [0.25, 0.3) is 0 Å². The first-order chi connectivity index (χ1) is 9.76. The average Bonchev–Trinajstić information content (AvgIpc) is 2.51. The number of rotatable bonds is 10. The lowest BCUT2D eigenvalue weighted by Gasteiger charge is -2.36. The third kappa shape index (κ3) is 5.83. The van der Waals surface area contributed by atoms with E-state index in [-0.39, 0.29) is 0 Å². The summed E-state index contributed by atoms with van der Waals surface area (Å²) in [6, 6.07) is 10.0. The summed E-state index contributed by atoms with van der Waals surface area (Å²) < 4.78 is 6.89. The molecule has 0 aromatic heterocycles. The van der Waals surface area contributed by atoms with Crippen molar-refractivity contribution in [2.45, 2.75) is 20.3 Å². The van der Waals surface area contributed by atoms with Gasteiger partial charge in [0.1, 0.15) is 18.9 Å². The number of thiocarbonyl (C=S) groups is 1. The van der Waals surface area contributed by atoms with Gasteiger partial charge in [0.05, 0.1) is 31.3 Å². The zero-order chi connectivity index (χ0) is 14.7. The monoisotopic (exact) mass is 293 g/mol. The number of benzene rings is 1. The van der Waals surface area contributed by atoms with Crippen LogP contribution in [0.2, 0.25) is 0 Å². The quantitative estimate of drug-likeness (QED) is 0.285. The molecule has 0 saturated heterocycles. The molecule has 0 fully saturated rings. The van der Waals surface area contributed by atoms with Crippen LogP contribution >= 0.6 is 12.2 Å². The molecule has 0 aliphatic rings. The number of ether oxygens (including phenoxy) is 1. The summed E-state index contributed by atoms with van der Waals surface area (Å²) in [6.45, 7) is 10.4. The molecule has 1 aromatic rings. The molecule has 110 valence electrons. The normalized spacial score (nSPS) is 10.9. The first kappa shape index (κ1) is 16.8. The molecule has 0 spiro atoms. The third-order valence-corrected chi connectivity index (χ3v) is 4.02. The number of hydrogen-bond donors (Lipinski definition) is 0. The van der Waals surface area contributed by atoms with Crippen LogP contribution in [-0.4, -0.2) is 49.0 Å². The first-order valence-electron chi connectivity index (χ1n) is 7.33. The Labute approximate surface area is 127 Å². The SMILES string of the molecule is CC[N+](CC)(CCCN=C=S)CCOc1ccccc1. The van der Waals surface area contributed by atoms with E-state index in [0.717, 1.165) is 56.0 Å². The number of nitrogens with zero attached hydrogens (tertiary/aromatic N) is 2.